The van der Waals surface area contributed by atoms with Crippen LogP contribution in [0.1, 0.15) is 51.7 Å². The van der Waals surface area contributed by atoms with Crippen molar-refractivity contribution in [2.24, 2.45) is 11.3 Å². The molecular formula is C26H32N2O5. The molecule has 2 amide bonds. The number of alkyl carbamates (subject to hydrolysis) is 1. The molecule has 0 fully saturated rings. The molecule has 1 aliphatic rings. The van der Waals surface area contributed by atoms with Crippen molar-refractivity contribution in [2.45, 2.75) is 52.6 Å². The van der Waals surface area contributed by atoms with Crippen LogP contribution in [0.15, 0.2) is 48.5 Å². The number of rotatable bonds is 8. The zero-order valence-electron chi connectivity index (χ0n) is 19.7. The Morgan fingerprint density at radius 2 is 1.45 bits per heavy atom. The number of carbonyl (C=O) groups is 3. The first-order valence-electron chi connectivity index (χ1n) is 11.2. The minimum absolute atomic E-state index is 0.0750. The van der Waals surface area contributed by atoms with Gasteiger partial charge in [-0.2, -0.15) is 0 Å². The summed E-state index contributed by atoms with van der Waals surface area (Å²) in [5.74, 6) is -1.65. The maximum absolute atomic E-state index is 12.7. The van der Waals surface area contributed by atoms with Crippen molar-refractivity contribution in [1.29, 1.82) is 0 Å². The Morgan fingerprint density at radius 3 is 1.94 bits per heavy atom. The Hall–Kier alpha value is -3.35. The second kappa shape index (κ2) is 9.65. The number of ether oxygens (including phenoxy) is 1. The lowest BCUT2D eigenvalue weighted by molar-refractivity contribution is -0.150. The summed E-state index contributed by atoms with van der Waals surface area (Å²) in [7, 11) is 0. The van der Waals surface area contributed by atoms with E-state index in [2.05, 4.69) is 22.8 Å². The molecule has 0 radical (unpaired) electrons. The molecule has 0 aliphatic heterocycles. The summed E-state index contributed by atoms with van der Waals surface area (Å²) in [6.07, 6.45) is -0.696. The van der Waals surface area contributed by atoms with E-state index in [1.807, 2.05) is 50.2 Å². The third-order valence-electron chi connectivity index (χ3n) is 6.36. The van der Waals surface area contributed by atoms with Gasteiger partial charge in [-0.25, -0.2) is 4.79 Å². The van der Waals surface area contributed by atoms with Gasteiger partial charge in [0, 0.05) is 12.0 Å². The summed E-state index contributed by atoms with van der Waals surface area (Å²) < 4.78 is 5.49. The lowest BCUT2D eigenvalue weighted by Gasteiger charge is -2.35. The molecule has 1 aliphatic carbocycles. The fraction of sp³-hybridized carbons (Fsp3) is 0.423. The first kappa shape index (κ1) is 24.3. The minimum atomic E-state index is -1.16. The van der Waals surface area contributed by atoms with Gasteiger partial charge >= 0.3 is 12.1 Å². The van der Waals surface area contributed by atoms with Crippen LogP contribution in [-0.4, -0.2) is 41.8 Å². The lowest BCUT2D eigenvalue weighted by atomic mass is 9.78. The zero-order valence-corrected chi connectivity index (χ0v) is 19.7. The maximum atomic E-state index is 12.7. The van der Waals surface area contributed by atoms with Gasteiger partial charge in [-0.1, -0.05) is 62.4 Å². The highest BCUT2D eigenvalue weighted by Crippen LogP contribution is 2.44. The number of carbonyl (C=O) groups excluding carboxylic acids is 2. The van der Waals surface area contributed by atoms with E-state index in [1.54, 1.807) is 20.8 Å². The SMILES string of the molecule is CC(C)C(NC(=O)[C@H](C)NC(=O)OCC1c2ccccc2-c2ccccc21)C(C)(C)C(=O)O. The van der Waals surface area contributed by atoms with Crippen LogP contribution in [0.4, 0.5) is 4.79 Å². The van der Waals surface area contributed by atoms with Crippen LogP contribution < -0.4 is 10.6 Å². The summed E-state index contributed by atoms with van der Waals surface area (Å²) in [6.45, 7) is 8.53. The van der Waals surface area contributed by atoms with Crippen LogP contribution in [0.2, 0.25) is 0 Å². The van der Waals surface area contributed by atoms with Gasteiger partial charge in [-0.3, -0.25) is 9.59 Å². The maximum Gasteiger partial charge on any atom is 0.407 e. The van der Waals surface area contributed by atoms with Gasteiger partial charge in [0.2, 0.25) is 5.91 Å². The molecule has 3 N–H and O–H groups in total. The van der Waals surface area contributed by atoms with Gasteiger partial charge in [0.05, 0.1) is 5.41 Å². The Bertz CT molecular complexity index is 1000. The molecule has 1 unspecified atom stereocenters. The van der Waals surface area contributed by atoms with E-state index in [0.29, 0.717) is 0 Å². The van der Waals surface area contributed by atoms with Gasteiger partial charge in [0.1, 0.15) is 12.6 Å². The summed E-state index contributed by atoms with van der Waals surface area (Å²) in [6, 6.07) is 14.6. The standard InChI is InChI=1S/C26H32N2O5/c1-15(2)22(26(4,5)24(30)31)28-23(29)16(3)27-25(32)33-14-21-19-12-8-6-10-17(19)18-11-7-9-13-20(18)21/h6-13,15-16,21-22H,14H2,1-5H3,(H,27,32)(H,28,29)(H,30,31)/t16-,22?/m0/s1. The van der Waals surface area contributed by atoms with Crippen molar-refractivity contribution >= 4 is 18.0 Å². The number of carboxylic acid groups (broad SMARTS) is 1. The molecule has 3 rings (SSSR count). The quantitative estimate of drug-likeness (QED) is 0.558. The average molecular weight is 453 g/mol. The Morgan fingerprint density at radius 1 is 0.939 bits per heavy atom. The average Bonchev–Trinajstić information content (AvgIpc) is 3.09. The minimum Gasteiger partial charge on any atom is -0.481 e. The molecule has 0 saturated carbocycles. The normalized spacial score (nSPS) is 14.7. The lowest BCUT2D eigenvalue weighted by Crippen LogP contribution is -2.56. The number of amides is 2. The van der Waals surface area contributed by atoms with Crippen molar-refractivity contribution in [3.05, 3.63) is 59.7 Å². The number of aliphatic carboxylic acids is 1. The van der Waals surface area contributed by atoms with Crippen LogP contribution in [-0.2, 0) is 14.3 Å². The molecule has 0 aromatic heterocycles. The summed E-state index contributed by atoms with van der Waals surface area (Å²) >= 11 is 0. The predicted molar refractivity (Wildman–Crippen MR) is 126 cm³/mol. The van der Waals surface area contributed by atoms with Crippen molar-refractivity contribution in [3.63, 3.8) is 0 Å². The highest BCUT2D eigenvalue weighted by atomic mass is 16.5. The highest BCUT2D eigenvalue weighted by molar-refractivity contribution is 5.86. The van der Waals surface area contributed by atoms with Crippen molar-refractivity contribution in [3.8, 4) is 11.1 Å². The van der Waals surface area contributed by atoms with Crippen molar-refractivity contribution in [2.75, 3.05) is 6.61 Å². The van der Waals surface area contributed by atoms with E-state index >= 15 is 0 Å². The van der Waals surface area contributed by atoms with E-state index in [4.69, 9.17) is 4.74 Å². The number of benzene rings is 2. The fourth-order valence-electron chi connectivity index (χ4n) is 4.47. The van der Waals surface area contributed by atoms with Gasteiger partial charge in [0.15, 0.2) is 0 Å². The van der Waals surface area contributed by atoms with Crippen LogP contribution in [0.5, 0.6) is 0 Å². The van der Waals surface area contributed by atoms with Crippen LogP contribution in [0.3, 0.4) is 0 Å². The molecule has 33 heavy (non-hydrogen) atoms. The van der Waals surface area contributed by atoms with E-state index in [9.17, 15) is 19.5 Å². The second-order valence-electron chi connectivity index (χ2n) is 9.45. The fourth-order valence-corrected chi connectivity index (χ4v) is 4.47. The van der Waals surface area contributed by atoms with Gasteiger partial charge < -0.3 is 20.5 Å². The highest BCUT2D eigenvalue weighted by Gasteiger charge is 2.40. The molecule has 176 valence electrons. The zero-order chi connectivity index (χ0) is 24.3. The van der Waals surface area contributed by atoms with Gasteiger partial charge in [-0.15, -0.1) is 0 Å². The summed E-state index contributed by atoms with van der Waals surface area (Å²) in [5, 5.41) is 14.9. The molecule has 2 atom stereocenters. The van der Waals surface area contributed by atoms with Crippen LogP contribution in [0.25, 0.3) is 11.1 Å². The van der Waals surface area contributed by atoms with Gasteiger partial charge in [-0.05, 0) is 48.9 Å². The largest absolute Gasteiger partial charge is 0.481 e. The van der Waals surface area contributed by atoms with E-state index in [0.717, 1.165) is 22.3 Å². The molecule has 2 aromatic carbocycles. The number of fused-ring (bicyclic) bond motifs is 3. The molecule has 0 bridgehead atoms. The molecule has 0 saturated heterocycles. The smallest absolute Gasteiger partial charge is 0.407 e. The Kier molecular flexibility index (Phi) is 7.10. The van der Waals surface area contributed by atoms with Crippen molar-refractivity contribution < 1.29 is 24.2 Å². The number of carboxylic acids is 1. The molecule has 2 aromatic rings. The molecule has 0 spiro atoms. The van der Waals surface area contributed by atoms with Crippen LogP contribution >= 0.6 is 0 Å². The van der Waals surface area contributed by atoms with Crippen molar-refractivity contribution in [1.82, 2.24) is 10.6 Å². The number of hydrogen-bond donors (Lipinski definition) is 3. The molecular weight excluding hydrogens is 420 g/mol. The second-order valence-corrected chi connectivity index (χ2v) is 9.45. The number of hydrogen-bond acceptors (Lipinski definition) is 4. The number of nitrogens with one attached hydrogen (secondary N) is 2. The molecule has 7 nitrogen and oxygen atoms in total. The van der Waals surface area contributed by atoms with Crippen LogP contribution in [0, 0.1) is 11.3 Å². The summed E-state index contributed by atoms with van der Waals surface area (Å²) in [4.78, 5) is 36.8. The summed E-state index contributed by atoms with van der Waals surface area (Å²) in [5.41, 5.74) is 3.32. The third-order valence-corrected chi connectivity index (χ3v) is 6.36. The molecule has 0 heterocycles. The van der Waals surface area contributed by atoms with E-state index < -0.39 is 35.5 Å². The monoisotopic (exact) mass is 452 g/mol. The third kappa shape index (κ3) is 5.02. The van der Waals surface area contributed by atoms with E-state index in [1.165, 1.54) is 0 Å². The first-order valence-corrected chi connectivity index (χ1v) is 11.2. The topological polar surface area (TPSA) is 105 Å². The van der Waals surface area contributed by atoms with E-state index in [-0.39, 0.29) is 18.4 Å². The Labute approximate surface area is 194 Å². The first-order chi connectivity index (χ1) is 15.5. The Balaban J connectivity index is 1.61. The molecule has 7 heteroatoms. The predicted octanol–water partition coefficient (Wildman–Crippen LogP) is 4.17. The van der Waals surface area contributed by atoms with Gasteiger partial charge in [0.25, 0.3) is 0 Å².